The Balaban J connectivity index is 1.98. The fourth-order valence-corrected chi connectivity index (χ4v) is 3.37. The van der Waals surface area contributed by atoms with Crippen molar-refractivity contribution in [2.24, 2.45) is 0 Å². The maximum atomic E-state index is 10.7. The van der Waals surface area contributed by atoms with Crippen molar-refractivity contribution in [3.8, 4) is 0 Å². The molecule has 1 heterocycles. The van der Waals surface area contributed by atoms with Crippen LogP contribution < -0.4 is 9.67 Å². The standard InChI is InChI=1S/C22H32N2O2/c1-2-3-4-5-6-10-14-21-23(16-11-15-22(25)26)17-18-24(21)19-20-12-8-7-9-13-20/h7-9,12-13,17-18H,2-6,10-11,14-16,19H2,1H3. The molecule has 0 saturated carbocycles. The summed E-state index contributed by atoms with van der Waals surface area (Å²) in [6.07, 6.45) is 13.7. The van der Waals surface area contributed by atoms with Crippen molar-refractivity contribution in [3.63, 3.8) is 0 Å². The third-order valence-corrected chi connectivity index (χ3v) is 4.82. The number of hydrogen-bond donors (Lipinski definition) is 0. The lowest BCUT2D eigenvalue weighted by molar-refractivity contribution is -0.695. The number of benzene rings is 1. The molecule has 26 heavy (non-hydrogen) atoms. The number of unbranched alkanes of at least 4 members (excludes halogenated alkanes) is 5. The number of aliphatic carboxylic acids is 1. The number of carbonyl (C=O) groups is 1. The zero-order chi connectivity index (χ0) is 18.6. The summed E-state index contributed by atoms with van der Waals surface area (Å²) >= 11 is 0. The van der Waals surface area contributed by atoms with E-state index in [0.717, 1.165) is 19.5 Å². The topological polar surface area (TPSA) is 48.9 Å². The minimum atomic E-state index is -0.966. The van der Waals surface area contributed by atoms with Crippen LogP contribution in [0.4, 0.5) is 0 Å². The lowest BCUT2D eigenvalue weighted by Gasteiger charge is -2.07. The van der Waals surface area contributed by atoms with E-state index in [0.29, 0.717) is 6.42 Å². The quantitative estimate of drug-likeness (QED) is 0.408. The summed E-state index contributed by atoms with van der Waals surface area (Å²) in [5.74, 6) is 0.328. The number of hydrogen-bond acceptors (Lipinski definition) is 2. The van der Waals surface area contributed by atoms with Crippen LogP contribution in [0.5, 0.6) is 0 Å². The van der Waals surface area contributed by atoms with Gasteiger partial charge in [0.05, 0.1) is 6.54 Å². The number of carboxylic acid groups (broad SMARTS) is 1. The second kappa shape index (κ2) is 11.5. The van der Waals surface area contributed by atoms with E-state index in [-0.39, 0.29) is 6.42 Å². The van der Waals surface area contributed by atoms with E-state index in [2.05, 4.69) is 52.7 Å². The molecular weight excluding hydrogens is 324 g/mol. The molecule has 142 valence electrons. The molecule has 2 aromatic rings. The molecule has 0 amide bonds. The number of carboxylic acids is 1. The van der Waals surface area contributed by atoms with E-state index in [9.17, 15) is 9.90 Å². The number of rotatable bonds is 13. The molecular formula is C22H32N2O2. The first kappa shape index (κ1) is 20.2. The Hall–Kier alpha value is -2.10. The van der Waals surface area contributed by atoms with Crippen molar-refractivity contribution in [1.82, 2.24) is 4.57 Å². The lowest BCUT2D eigenvalue weighted by atomic mass is 10.1. The highest BCUT2D eigenvalue weighted by Crippen LogP contribution is 2.10. The molecule has 0 N–H and O–H groups in total. The molecule has 0 spiro atoms. The van der Waals surface area contributed by atoms with Gasteiger partial charge in [0.1, 0.15) is 18.9 Å². The van der Waals surface area contributed by atoms with E-state index < -0.39 is 5.97 Å². The van der Waals surface area contributed by atoms with Crippen molar-refractivity contribution in [2.45, 2.75) is 77.8 Å². The van der Waals surface area contributed by atoms with E-state index in [1.165, 1.54) is 49.9 Å². The summed E-state index contributed by atoms with van der Waals surface area (Å²) < 4.78 is 4.53. The van der Waals surface area contributed by atoms with Crippen LogP contribution in [0.15, 0.2) is 42.7 Å². The first-order valence-electron chi connectivity index (χ1n) is 10.0. The molecule has 4 nitrogen and oxygen atoms in total. The third-order valence-electron chi connectivity index (χ3n) is 4.82. The minimum Gasteiger partial charge on any atom is -0.550 e. The number of imidazole rings is 1. The summed E-state index contributed by atoms with van der Waals surface area (Å²) in [6, 6.07) is 10.5. The molecule has 1 aromatic carbocycles. The highest BCUT2D eigenvalue weighted by atomic mass is 16.4. The summed E-state index contributed by atoms with van der Waals surface area (Å²) in [5, 5.41) is 10.7. The normalized spacial score (nSPS) is 11.0. The lowest BCUT2D eigenvalue weighted by Crippen LogP contribution is -2.38. The summed E-state index contributed by atoms with van der Waals surface area (Å²) in [4.78, 5) is 10.7. The van der Waals surface area contributed by atoms with E-state index in [4.69, 9.17) is 0 Å². The Morgan fingerprint density at radius 3 is 2.50 bits per heavy atom. The Morgan fingerprint density at radius 2 is 1.77 bits per heavy atom. The van der Waals surface area contributed by atoms with Gasteiger partial charge in [-0.25, -0.2) is 9.13 Å². The Morgan fingerprint density at radius 1 is 1.04 bits per heavy atom. The maximum Gasteiger partial charge on any atom is 0.256 e. The van der Waals surface area contributed by atoms with E-state index in [1.807, 2.05) is 6.07 Å². The second-order valence-electron chi connectivity index (χ2n) is 7.01. The predicted molar refractivity (Wildman–Crippen MR) is 101 cm³/mol. The smallest absolute Gasteiger partial charge is 0.256 e. The molecule has 2 rings (SSSR count). The molecule has 0 fully saturated rings. The van der Waals surface area contributed by atoms with Gasteiger partial charge in [-0.3, -0.25) is 0 Å². The van der Waals surface area contributed by atoms with Crippen molar-refractivity contribution >= 4 is 5.97 Å². The van der Waals surface area contributed by atoms with Crippen molar-refractivity contribution < 1.29 is 14.5 Å². The number of nitrogens with zero attached hydrogens (tertiary/aromatic N) is 2. The average molecular weight is 357 g/mol. The molecule has 0 saturated heterocycles. The Kier molecular flexibility index (Phi) is 8.94. The summed E-state index contributed by atoms with van der Waals surface area (Å²) in [6.45, 7) is 3.84. The van der Waals surface area contributed by atoms with Crippen molar-refractivity contribution in [2.75, 3.05) is 0 Å². The van der Waals surface area contributed by atoms with Crippen LogP contribution in [-0.2, 0) is 24.3 Å². The van der Waals surface area contributed by atoms with Gasteiger partial charge in [-0.15, -0.1) is 0 Å². The highest BCUT2D eigenvalue weighted by molar-refractivity contribution is 5.64. The zero-order valence-corrected chi connectivity index (χ0v) is 16.0. The van der Waals surface area contributed by atoms with Crippen LogP contribution in [0.1, 0.15) is 69.7 Å². The fourth-order valence-electron chi connectivity index (χ4n) is 3.37. The van der Waals surface area contributed by atoms with E-state index >= 15 is 0 Å². The summed E-state index contributed by atoms with van der Waals surface area (Å²) in [7, 11) is 0. The highest BCUT2D eigenvalue weighted by Gasteiger charge is 2.17. The number of carbonyl (C=O) groups excluding carboxylic acids is 1. The van der Waals surface area contributed by atoms with Gasteiger partial charge in [0.2, 0.25) is 0 Å². The molecule has 0 atom stereocenters. The van der Waals surface area contributed by atoms with Gasteiger partial charge < -0.3 is 9.90 Å². The number of aromatic nitrogens is 2. The van der Waals surface area contributed by atoms with Gasteiger partial charge in [0.15, 0.2) is 0 Å². The molecule has 4 heteroatoms. The van der Waals surface area contributed by atoms with Crippen molar-refractivity contribution in [3.05, 3.63) is 54.1 Å². The fraction of sp³-hybridized carbons (Fsp3) is 0.545. The molecule has 0 aliphatic carbocycles. The molecule has 0 unspecified atom stereocenters. The van der Waals surface area contributed by atoms with Gasteiger partial charge in [0.25, 0.3) is 5.82 Å². The van der Waals surface area contributed by atoms with E-state index in [1.54, 1.807) is 0 Å². The first-order valence-corrected chi connectivity index (χ1v) is 10.0. The summed E-state index contributed by atoms with van der Waals surface area (Å²) in [5.41, 5.74) is 1.29. The van der Waals surface area contributed by atoms with Gasteiger partial charge in [-0.1, -0.05) is 69.4 Å². The zero-order valence-electron chi connectivity index (χ0n) is 16.0. The van der Waals surface area contributed by atoms with Gasteiger partial charge in [-0.2, -0.15) is 0 Å². The Labute approximate surface area is 157 Å². The number of aryl methyl sites for hydroxylation is 1. The molecule has 0 aliphatic heterocycles. The predicted octanol–water partition coefficient (Wildman–Crippen LogP) is 3.26. The van der Waals surface area contributed by atoms with Crippen LogP contribution in [-0.4, -0.2) is 10.5 Å². The molecule has 0 radical (unpaired) electrons. The first-order chi connectivity index (χ1) is 12.7. The SMILES string of the molecule is CCCCCCCCc1n(CCCC(=O)[O-])cc[n+]1Cc1ccccc1. The second-order valence-corrected chi connectivity index (χ2v) is 7.01. The van der Waals surface area contributed by atoms with Crippen molar-refractivity contribution in [1.29, 1.82) is 0 Å². The molecule has 0 aliphatic rings. The van der Waals surface area contributed by atoms with Gasteiger partial charge in [0, 0.05) is 12.4 Å². The largest absolute Gasteiger partial charge is 0.550 e. The van der Waals surface area contributed by atoms with Crippen LogP contribution in [0.25, 0.3) is 0 Å². The van der Waals surface area contributed by atoms with Crippen LogP contribution >= 0.6 is 0 Å². The molecule has 0 bridgehead atoms. The maximum absolute atomic E-state index is 10.7. The van der Waals surface area contributed by atoms with Crippen LogP contribution in [0, 0.1) is 0 Å². The van der Waals surface area contributed by atoms with Gasteiger partial charge >= 0.3 is 0 Å². The monoisotopic (exact) mass is 356 g/mol. The average Bonchev–Trinajstić information content (AvgIpc) is 3.00. The van der Waals surface area contributed by atoms with Crippen LogP contribution in [0.2, 0.25) is 0 Å². The van der Waals surface area contributed by atoms with Gasteiger partial charge in [-0.05, 0) is 24.8 Å². The molecule has 1 aromatic heterocycles. The van der Waals surface area contributed by atoms with Crippen LogP contribution in [0.3, 0.4) is 0 Å². The third kappa shape index (κ3) is 7.03. The Bertz CT molecular complexity index is 649. The minimum absolute atomic E-state index is 0.118.